The van der Waals surface area contributed by atoms with Gasteiger partial charge >= 0.3 is 0 Å². The topological polar surface area (TPSA) is 64.4 Å². The summed E-state index contributed by atoms with van der Waals surface area (Å²) in [6.45, 7) is 0.0495. The van der Waals surface area contributed by atoms with Gasteiger partial charge in [-0.3, -0.25) is 9.78 Å². The second-order valence-corrected chi connectivity index (χ2v) is 5.09. The number of nitrogens with zero attached hydrogens (tertiary/aromatic N) is 1. The highest BCUT2D eigenvalue weighted by atomic mass is 19.1. The van der Waals surface area contributed by atoms with Crippen molar-refractivity contribution in [2.75, 3.05) is 6.61 Å². The van der Waals surface area contributed by atoms with Crippen LogP contribution in [0.2, 0.25) is 0 Å². The molecule has 5 nitrogen and oxygen atoms in total. The first-order valence-electron chi connectivity index (χ1n) is 7.33. The van der Waals surface area contributed by atoms with Crippen molar-refractivity contribution in [1.29, 1.82) is 0 Å². The van der Waals surface area contributed by atoms with E-state index >= 15 is 0 Å². The monoisotopic (exact) mass is 326 g/mol. The molecule has 0 atom stereocenters. The first-order chi connectivity index (χ1) is 11.7. The average Bonchev–Trinajstić information content (AvgIpc) is 3.14. The molecule has 0 spiro atoms. The zero-order valence-corrected chi connectivity index (χ0v) is 12.7. The second kappa shape index (κ2) is 7.41. The fourth-order valence-electron chi connectivity index (χ4n) is 2.13. The van der Waals surface area contributed by atoms with Crippen molar-refractivity contribution in [1.82, 2.24) is 10.3 Å². The van der Waals surface area contributed by atoms with Gasteiger partial charge in [0.25, 0.3) is 5.91 Å². The fourth-order valence-corrected chi connectivity index (χ4v) is 2.13. The molecule has 2 heterocycles. The predicted molar refractivity (Wildman–Crippen MR) is 85.7 cm³/mol. The normalized spacial score (nSPS) is 10.4. The van der Waals surface area contributed by atoms with Crippen molar-refractivity contribution < 1.29 is 18.3 Å². The molecule has 0 aliphatic carbocycles. The van der Waals surface area contributed by atoms with Gasteiger partial charge in [0.1, 0.15) is 0 Å². The summed E-state index contributed by atoms with van der Waals surface area (Å²) in [7, 11) is 0. The summed E-state index contributed by atoms with van der Waals surface area (Å²) < 4.78 is 23.6. The highest BCUT2D eigenvalue weighted by molar-refractivity contribution is 5.77. The van der Waals surface area contributed by atoms with Gasteiger partial charge in [0.05, 0.1) is 12.5 Å². The van der Waals surface area contributed by atoms with Crippen LogP contribution in [0.3, 0.4) is 0 Å². The average molecular weight is 326 g/mol. The molecule has 0 bridgehead atoms. The number of carbonyl (C=O) groups is 1. The van der Waals surface area contributed by atoms with Crippen LogP contribution in [0.5, 0.6) is 5.75 Å². The lowest BCUT2D eigenvalue weighted by Crippen LogP contribution is -2.28. The van der Waals surface area contributed by atoms with Crippen LogP contribution in [0.1, 0.15) is 5.56 Å². The number of halogens is 1. The molecule has 3 rings (SSSR count). The van der Waals surface area contributed by atoms with Gasteiger partial charge in [0, 0.05) is 30.1 Å². The maximum Gasteiger partial charge on any atom is 0.258 e. The lowest BCUT2D eigenvalue weighted by atomic mass is 10.1. The molecule has 122 valence electrons. The second-order valence-electron chi connectivity index (χ2n) is 5.09. The number of nitrogens with one attached hydrogen (secondary N) is 1. The molecule has 1 amide bonds. The Morgan fingerprint density at radius 3 is 2.88 bits per heavy atom. The van der Waals surface area contributed by atoms with Crippen LogP contribution >= 0.6 is 0 Å². The molecule has 2 aromatic heterocycles. The van der Waals surface area contributed by atoms with Crippen molar-refractivity contribution in [2.24, 2.45) is 0 Å². The Morgan fingerprint density at radius 2 is 2.08 bits per heavy atom. The summed E-state index contributed by atoms with van der Waals surface area (Å²) in [5, 5.41) is 2.71. The minimum atomic E-state index is -0.498. The molecule has 0 aliphatic heterocycles. The Morgan fingerprint density at radius 1 is 1.21 bits per heavy atom. The predicted octanol–water partition coefficient (Wildman–Crippen LogP) is 3.18. The molecule has 1 N–H and O–H groups in total. The van der Waals surface area contributed by atoms with Crippen molar-refractivity contribution in [3.8, 4) is 16.9 Å². The number of aromatic nitrogens is 1. The van der Waals surface area contributed by atoms with E-state index < -0.39 is 5.82 Å². The number of rotatable bonds is 6. The summed E-state index contributed by atoms with van der Waals surface area (Å²) in [6, 6.07) is 9.70. The van der Waals surface area contributed by atoms with Crippen molar-refractivity contribution in [3.63, 3.8) is 0 Å². The van der Waals surface area contributed by atoms with E-state index in [4.69, 9.17) is 9.15 Å². The van der Waals surface area contributed by atoms with Gasteiger partial charge in [-0.1, -0.05) is 12.1 Å². The van der Waals surface area contributed by atoms with Crippen LogP contribution in [0.4, 0.5) is 4.39 Å². The van der Waals surface area contributed by atoms with Gasteiger partial charge in [-0.2, -0.15) is 0 Å². The molecular formula is C18H15FN2O3. The molecule has 0 saturated heterocycles. The van der Waals surface area contributed by atoms with Crippen LogP contribution in [0.15, 0.2) is 65.7 Å². The van der Waals surface area contributed by atoms with Crippen LogP contribution < -0.4 is 10.1 Å². The SMILES string of the molecule is O=C(COc1ccccc1F)NCc1cncc(-c2ccoc2)c1. The molecule has 0 unspecified atom stereocenters. The third-order valence-electron chi connectivity index (χ3n) is 3.33. The van der Waals surface area contributed by atoms with Crippen LogP contribution in [-0.2, 0) is 11.3 Å². The number of ether oxygens (including phenoxy) is 1. The highest BCUT2D eigenvalue weighted by Gasteiger charge is 2.07. The number of para-hydroxylation sites is 1. The number of carbonyl (C=O) groups excluding carboxylic acids is 1. The third kappa shape index (κ3) is 3.98. The molecule has 0 fully saturated rings. The van der Waals surface area contributed by atoms with E-state index in [9.17, 15) is 9.18 Å². The summed E-state index contributed by atoms with van der Waals surface area (Å²) >= 11 is 0. The third-order valence-corrected chi connectivity index (χ3v) is 3.33. The standard InChI is InChI=1S/C18H15FN2O3/c19-16-3-1-2-4-17(16)24-12-18(22)21-9-13-7-15(10-20-8-13)14-5-6-23-11-14/h1-8,10-11H,9,12H2,(H,21,22). The Labute approximate surface area is 138 Å². The molecule has 0 aliphatic rings. The van der Waals surface area contributed by atoms with E-state index in [1.165, 1.54) is 12.1 Å². The van der Waals surface area contributed by atoms with Crippen LogP contribution in [0.25, 0.3) is 11.1 Å². The number of amides is 1. The molecule has 1 aromatic carbocycles. The smallest absolute Gasteiger partial charge is 0.258 e. The van der Waals surface area contributed by atoms with Gasteiger partial charge < -0.3 is 14.5 Å². The van der Waals surface area contributed by atoms with E-state index in [-0.39, 0.29) is 18.3 Å². The number of hydrogen-bond donors (Lipinski definition) is 1. The van der Waals surface area contributed by atoms with Gasteiger partial charge in [-0.25, -0.2) is 4.39 Å². The van der Waals surface area contributed by atoms with Crippen LogP contribution in [0, 0.1) is 5.82 Å². The Balaban J connectivity index is 1.53. The first-order valence-corrected chi connectivity index (χ1v) is 7.33. The van der Waals surface area contributed by atoms with Gasteiger partial charge in [-0.05, 0) is 29.8 Å². The molecule has 24 heavy (non-hydrogen) atoms. The highest BCUT2D eigenvalue weighted by Crippen LogP contribution is 2.19. The minimum absolute atomic E-state index is 0.0521. The van der Waals surface area contributed by atoms with E-state index in [1.807, 2.05) is 12.1 Å². The number of furan rings is 1. The lowest BCUT2D eigenvalue weighted by molar-refractivity contribution is -0.123. The first kappa shape index (κ1) is 15.7. The zero-order chi connectivity index (χ0) is 16.8. The largest absolute Gasteiger partial charge is 0.481 e. The van der Waals surface area contributed by atoms with E-state index in [1.54, 1.807) is 37.1 Å². The van der Waals surface area contributed by atoms with Crippen molar-refractivity contribution in [2.45, 2.75) is 6.54 Å². The Bertz CT molecular complexity index is 819. The quantitative estimate of drug-likeness (QED) is 0.756. The van der Waals surface area contributed by atoms with Gasteiger partial charge in [-0.15, -0.1) is 0 Å². The fraction of sp³-hybridized carbons (Fsp3) is 0.111. The molecule has 6 heteroatoms. The Hall–Kier alpha value is -3.15. The summed E-state index contributed by atoms with van der Waals surface area (Å²) in [5.41, 5.74) is 2.66. The van der Waals surface area contributed by atoms with E-state index in [0.29, 0.717) is 6.54 Å². The Kier molecular flexibility index (Phi) is 4.86. The summed E-state index contributed by atoms with van der Waals surface area (Å²) in [5.74, 6) is -0.787. The van der Waals surface area contributed by atoms with Crippen molar-refractivity contribution in [3.05, 3.63) is 72.7 Å². The van der Waals surface area contributed by atoms with E-state index in [0.717, 1.165) is 16.7 Å². The minimum Gasteiger partial charge on any atom is -0.481 e. The lowest BCUT2D eigenvalue weighted by Gasteiger charge is -2.08. The van der Waals surface area contributed by atoms with Crippen LogP contribution in [-0.4, -0.2) is 17.5 Å². The number of benzene rings is 1. The molecule has 3 aromatic rings. The molecule has 0 saturated carbocycles. The summed E-state index contributed by atoms with van der Waals surface area (Å²) in [6.07, 6.45) is 6.60. The maximum atomic E-state index is 13.4. The van der Waals surface area contributed by atoms with Crippen molar-refractivity contribution >= 4 is 5.91 Å². The maximum absolute atomic E-state index is 13.4. The van der Waals surface area contributed by atoms with Gasteiger partial charge in [0.2, 0.25) is 0 Å². The number of hydrogen-bond acceptors (Lipinski definition) is 4. The summed E-state index contributed by atoms with van der Waals surface area (Å²) in [4.78, 5) is 16.0. The van der Waals surface area contributed by atoms with E-state index in [2.05, 4.69) is 10.3 Å². The number of pyridine rings is 1. The molecular weight excluding hydrogens is 311 g/mol. The van der Waals surface area contributed by atoms with Gasteiger partial charge in [0.15, 0.2) is 18.2 Å². The molecule has 0 radical (unpaired) electrons. The zero-order valence-electron chi connectivity index (χ0n) is 12.7.